The van der Waals surface area contributed by atoms with Gasteiger partial charge in [0.25, 0.3) is 0 Å². The standard InChI is InChI=1S/C17H18ClFN6/c1-17(20)5-7-25(8-6-17)12-9-21-15-14(23-24-16(15)22-12)13-10(18)3-2-4-11(13)19/h2-4,9H,5-8,20H2,1H3,(H,22,23,24). The maximum atomic E-state index is 14.2. The summed E-state index contributed by atoms with van der Waals surface area (Å²) in [7, 11) is 0. The lowest BCUT2D eigenvalue weighted by molar-refractivity contribution is 0.363. The van der Waals surface area contributed by atoms with Crippen molar-refractivity contribution in [1.29, 1.82) is 0 Å². The minimum absolute atomic E-state index is 0.128. The summed E-state index contributed by atoms with van der Waals surface area (Å²) in [5.41, 5.74) is 7.65. The van der Waals surface area contributed by atoms with Crippen LogP contribution in [0.1, 0.15) is 19.8 Å². The highest BCUT2D eigenvalue weighted by Gasteiger charge is 2.27. The number of hydrogen-bond acceptors (Lipinski definition) is 5. The van der Waals surface area contributed by atoms with E-state index in [9.17, 15) is 4.39 Å². The van der Waals surface area contributed by atoms with Crippen LogP contribution in [0.2, 0.25) is 5.02 Å². The van der Waals surface area contributed by atoms with Crippen LogP contribution >= 0.6 is 11.6 Å². The summed E-state index contributed by atoms with van der Waals surface area (Å²) < 4.78 is 14.2. The Balaban J connectivity index is 1.70. The number of aromatic nitrogens is 4. The highest BCUT2D eigenvalue weighted by Crippen LogP contribution is 2.33. The van der Waals surface area contributed by atoms with Gasteiger partial charge in [-0.2, -0.15) is 5.10 Å². The van der Waals surface area contributed by atoms with E-state index in [0.717, 1.165) is 31.7 Å². The Bertz CT molecular complexity index is 908. The number of rotatable bonds is 2. The average Bonchev–Trinajstić information content (AvgIpc) is 2.98. The highest BCUT2D eigenvalue weighted by atomic mass is 35.5. The van der Waals surface area contributed by atoms with Crippen LogP contribution in [0.3, 0.4) is 0 Å². The smallest absolute Gasteiger partial charge is 0.177 e. The van der Waals surface area contributed by atoms with Crippen molar-refractivity contribution in [2.24, 2.45) is 5.73 Å². The van der Waals surface area contributed by atoms with Crippen LogP contribution in [0.5, 0.6) is 0 Å². The Morgan fingerprint density at radius 1 is 1.32 bits per heavy atom. The molecule has 1 aliphatic rings. The number of fused-ring (bicyclic) bond motifs is 1. The lowest BCUT2D eigenvalue weighted by atomic mass is 9.91. The molecule has 0 bridgehead atoms. The van der Waals surface area contributed by atoms with Gasteiger partial charge in [-0.3, -0.25) is 5.10 Å². The molecule has 1 saturated heterocycles. The summed E-state index contributed by atoms with van der Waals surface area (Å²) in [6, 6.07) is 4.53. The van der Waals surface area contributed by atoms with E-state index >= 15 is 0 Å². The Morgan fingerprint density at radius 2 is 2.08 bits per heavy atom. The second-order valence-corrected chi connectivity index (χ2v) is 7.14. The van der Waals surface area contributed by atoms with Gasteiger partial charge in [0.05, 0.1) is 16.8 Å². The second-order valence-electron chi connectivity index (χ2n) is 6.74. The molecule has 8 heteroatoms. The fraction of sp³-hybridized carbons (Fsp3) is 0.353. The molecule has 3 heterocycles. The number of H-pyrrole nitrogens is 1. The van der Waals surface area contributed by atoms with E-state index in [1.54, 1.807) is 18.3 Å². The quantitative estimate of drug-likeness (QED) is 0.733. The summed E-state index contributed by atoms with van der Waals surface area (Å²) in [6.07, 6.45) is 3.48. The van der Waals surface area contributed by atoms with Crippen molar-refractivity contribution in [3.05, 3.63) is 35.2 Å². The van der Waals surface area contributed by atoms with Crippen LogP contribution in [0.4, 0.5) is 10.2 Å². The van der Waals surface area contributed by atoms with Gasteiger partial charge < -0.3 is 10.6 Å². The van der Waals surface area contributed by atoms with Gasteiger partial charge in [0.2, 0.25) is 0 Å². The third kappa shape index (κ3) is 2.94. The molecule has 1 aliphatic heterocycles. The molecule has 0 unspecified atom stereocenters. The first-order valence-corrected chi connectivity index (χ1v) is 8.52. The zero-order valence-corrected chi connectivity index (χ0v) is 14.5. The SMILES string of the molecule is CC1(N)CCN(c2cnc3c(-c4c(F)cccc4Cl)n[nH]c3n2)CC1. The molecule has 1 aromatic carbocycles. The normalized spacial score (nSPS) is 17.2. The maximum Gasteiger partial charge on any atom is 0.177 e. The maximum absolute atomic E-state index is 14.2. The van der Waals surface area contributed by atoms with Crippen LogP contribution in [0, 0.1) is 5.82 Å². The van der Waals surface area contributed by atoms with Gasteiger partial charge in [-0.25, -0.2) is 14.4 Å². The Labute approximate surface area is 149 Å². The summed E-state index contributed by atoms with van der Waals surface area (Å²) in [5, 5.41) is 7.31. The summed E-state index contributed by atoms with van der Waals surface area (Å²) >= 11 is 6.14. The third-order valence-electron chi connectivity index (χ3n) is 4.69. The molecule has 4 rings (SSSR count). The number of piperidine rings is 1. The number of aromatic amines is 1. The number of nitrogens with one attached hydrogen (secondary N) is 1. The van der Waals surface area contributed by atoms with Crippen molar-refractivity contribution < 1.29 is 4.39 Å². The van der Waals surface area contributed by atoms with Gasteiger partial charge in [0, 0.05) is 18.6 Å². The zero-order chi connectivity index (χ0) is 17.6. The van der Waals surface area contributed by atoms with Gasteiger partial charge in [0.15, 0.2) is 5.65 Å². The first kappa shape index (κ1) is 16.2. The lowest BCUT2D eigenvalue weighted by Gasteiger charge is -2.37. The zero-order valence-electron chi connectivity index (χ0n) is 13.8. The molecule has 3 aromatic rings. The minimum atomic E-state index is -0.440. The van der Waals surface area contributed by atoms with Crippen molar-refractivity contribution >= 4 is 28.6 Å². The van der Waals surface area contributed by atoms with Gasteiger partial charge in [-0.1, -0.05) is 17.7 Å². The number of nitrogens with zero attached hydrogens (tertiary/aromatic N) is 4. The third-order valence-corrected chi connectivity index (χ3v) is 5.00. The molecule has 2 aromatic heterocycles. The van der Waals surface area contributed by atoms with E-state index in [0.29, 0.717) is 16.9 Å². The van der Waals surface area contributed by atoms with E-state index < -0.39 is 5.82 Å². The Kier molecular flexibility index (Phi) is 3.85. The average molecular weight is 361 g/mol. The molecule has 0 atom stereocenters. The molecule has 0 radical (unpaired) electrons. The predicted octanol–water partition coefficient (Wildman–Crippen LogP) is 3.13. The molecule has 130 valence electrons. The number of benzene rings is 1. The van der Waals surface area contributed by atoms with Crippen LogP contribution in [-0.2, 0) is 0 Å². The molecule has 0 saturated carbocycles. The molecule has 6 nitrogen and oxygen atoms in total. The van der Waals surface area contributed by atoms with Crippen LogP contribution in [-0.4, -0.2) is 38.8 Å². The molecule has 0 aliphatic carbocycles. The largest absolute Gasteiger partial charge is 0.355 e. The van der Waals surface area contributed by atoms with Crippen molar-refractivity contribution in [2.75, 3.05) is 18.0 Å². The Morgan fingerprint density at radius 3 is 2.80 bits per heavy atom. The summed E-state index contributed by atoms with van der Waals surface area (Å²) in [5.74, 6) is 0.322. The number of hydrogen-bond donors (Lipinski definition) is 2. The van der Waals surface area contributed by atoms with E-state index in [1.807, 2.05) is 0 Å². The number of nitrogens with two attached hydrogens (primary N) is 1. The van der Waals surface area contributed by atoms with Crippen LogP contribution in [0.25, 0.3) is 22.4 Å². The number of anilines is 1. The van der Waals surface area contributed by atoms with Crippen molar-refractivity contribution in [3.63, 3.8) is 0 Å². The van der Waals surface area contributed by atoms with Crippen LogP contribution < -0.4 is 10.6 Å². The van der Waals surface area contributed by atoms with Gasteiger partial charge in [0.1, 0.15) is 22.8 Å². The molecule has 25 heavy (non-hydrogen) atoms. The van der Waals surface area contributed by atoms with E-state index in [-0.39, 0.29) is 16.1 Å². The molecule has 0 amide bonds. The van der Waals surface area contributed by atoms with Crippen molar-refractivity contribution in [1.82, 2.24) is 20.2 Å². The van der Waals surface area contributed by atoms with Gasteiger partial charge in [-0.05, 0) is 31.9 Å². The van der Waals surface area contributed by atoms with Crippen LogP contribution in [0.15, 0.2) is 24.4 Å². The minimum Gasteiger partial charge on any atom is -0.355 e. The lowest BCUT2D eigenvalue weighted by Crippen LogP contribution is -2.48. The van der Waals surface area contributed by atoms with E-state index in [2.05, 4.69) is 32.0 Å². The highest BCUT2D eigenvalue weighted by molar-refractivity contribution is 6.33. The van der Waals surface area contributed by atoms with E-state index in [4.69, 9.17) is 17.3 Å². The monoisotopic (exact) mass is 360 g/mol. The second kappa shape index (κ2) is 5.93. The fourth-order valence-corrected chi connectivity index (χ4v) is 3.34. The summed E-state index contributed by atoms with van der Waals surface area (Å²) in [6.45, 7) is 3.72. The molecule has 3 N–H and O–H groups in total. The molecular weight excluding hydrogens is 343 g/mol. The predicted molar refractivity (Wildman–Crippen MR) is 96.1 cm³/mol. The summed E-state index contributed by atoms with van der Waals surface area (Å²) in [4.78, 5) is 11.2. The first-order chi connectivity index (χ1) is 11.9. The van der Waals surface area contributed by atoms with Crippen molar-refractivity contribution in [2.45, 2.75) is 25.3 Å². The molecule has 1 fully saturated rings. The first-order valence-electron chi connectivity index (χ1n) is 8.14. The molecule has 0 spiro atoms. The molecular formula is C17H18ClFN6. The number of halogens is 2. The van der Waals surface area contributed by atoms with Gasteiger partial charge in [-0.15, -0.1) is 0 Å². The van der Waals surface area contributed by atoms with Crippen molar-refractivity contribution in [3.8, 4) is 11.3 Å². The van der Waals surface area contributed by atoms with Gasteiger partial charge >= 0.3 is 0 Å². The fourth-order valence-electron chi connectivity index (χ4n) is 3.09. The van der Waals surface area contributed by atoms with E-state index in [1.165, 1.54) is 6.07 Å². The topological polar surface area (TPSA) is 83.7 Å². The Hall–Kier alpha value is -2.25.